The van der Waals surface area contributed by atoms with Gasteiger partial charge in [-0.05, 0) is 16.8 Å². The SMILES string of the molecule is C=CCON=C(C(=O)NC1C(=O)N2CC(CSc3nnnn3CCCCCC)(C(=O)O)CS[C@H]12)c1csc(N)n1.Cl. The fraction of sp³-hybridized carbons (Fsp3) is 0.565. The van der Waals surface area contributed by atoms with Gasteiger partial charge in [0, 0.05) is 30.0 Å². The molecule has 0 aromatic carbocycles. The van der Waals surface area contributed by atoms with Crippen LogP contribution in [0, 0.1) is 5.41 Å². The van der Waals surface area contributed by atoms with Gasteiger partial charge in [-0.2, -0.15) is 0 Å². The molecule has 2 aliphatic heterocycles. The van der Waals surface area contributed by atoms with Gasteiger partial charge < -0.3 is 25.9 Å². The van der Waals surface area contributed by atoms with Crippen LogP contribution in [0.5, 0.6) is 0 Å². The summed E-state index contributed by atoms with van der Waals surface area (Å²) in [6, 6.07) is -0.840. The van der Waals surface area contributed by atoms with Crippen LogP contribution in [0.15, 0.2) is 28.3 Å². The van der Waals surface area contributed by atoms with Crippen LogP contribution in [-0.2, 0) is 25.8 Å². The summed E-state index contributed by atoms with van der Waals surface area (Å²) < 4.78 is 1.70. The minimum atomic E-state index is -1.20. The summed E-state index contributed by atoms with van der Waals surface area (Å²) in [5.74, 6) is -1.57. The van der Waals surface area contributed by atoms with Crippen molar-refractivity contribution >= 4 is 75.9 Å². The number of aliphatic carboxylic acids is 1. The van der Waals surface area contributed by atoms with E-state index in [1.807, 2.05) is 0 Å². The van der Waals surface area contributed by atoms with Crippen molar-refractivity contribution in [3.05, 3.63) is 23.7 Å². The number of hydrogen-bond donors (Lipinski definition) is 3. The first kappa shape index (κ1) is 32.6. The summed E-state index contributed by atoms with van der Waals surface area (Å²) >= 11 is 3.73. The molecule has 2 aliphatic rings. The van der Waals surface area contributed by atoms with Gasteiger partial charge in [-0.3, -0.25) is 14.4 Å². The number of aryl methyl sites for hydroxylation is 1. The van der Waals surface area contributed by atoms with E-state index >= 15 is 0 Å². The largest absolute Gasteiger partial charge is 0.481 e. The zero-order valence-electron chi connectivity index (χ0n) is 22.3. The van der Waals surface area contributed by atoms with E-state index in [4.69, 9.17) is 10.6 Å². The summed E-state index contributed by atoms with van der Waals surface area (Å²) in [4.78, 5) is 49.2. The van der Waals surface area contributed by atoms with Crippen molar-refractivity contribution in [2.75, 3.05) is 30.4 Å². The van der Waals surface area contributed by atoms with Crippen LogP contribution in [-0.4, -0.2) is 94.8 Å². The van der Waals surface area contributed by atoms with E-state index in [1.54, 1.807) is 10.1 Å². The van der Waals surface area contributed by atoms with Gasteiger partial charge in [-0.15, -0.1) is 40.6 Å². The van der Waals surface area contributed by atoms with Crippen LogP contribution in [0.4, 0.5) is 5.13 Å². The summed E-state index contributed by atoms with van der Waals surface area (Å²) in [5, 5.41) is 30.5. The molecule has 3 atom stereocenters. The lowest BCUT2D eigenvalue weighted by Gasteiger charge is -2.53. The van der Waals surface area contributed by atoms with Gasteiger partial charge >= 0.3 is 5.97 Å². The zero-order chi connectivity index (χ0) is 28.7. The number of nitrogens with one attached hydrogen (secondary N) is 1. The average molecular weight is 646 g/mol. The number of hydrogen-bond acceptors (Lipinski definition) is 13. The summed E-state index contributed by atoms with van der Waals surface area (Å²) in [6.45, 7) is 6.44. The molecule has 224 valence electrons. The van der Waals surface area contributed by atoms with E-state index in [2.05, 4.69) is 44.5 Å². The molecule has 2 unspecified atom stereocenters. The van der Waals surface area contributed by atoms with Crippen LogP contribution in [0.2, 0.25) is 0 Å². The Balaban J connectivity index is 0.00000462. The van der Waals surface area contributed by atoms with Gasteiger partial charge in [0.25, 0.3) is 5.91 Å². The number of carboxylic acids is 1. The van der Waals surface area contributed by atoms with Gasteiger partial charge in [-0.25, -0.2) is 9.67 Å². The first-order chi connectivity index (χ1) is 19.3. The number of unbranched alkanes of at least 4 members (excludes halogenated alkanes) is 3. The number of carboxylic acid groups (broad SMARTS) is 1. The third-order valence-corrected chi connectivity index (χ3v) is 9.92. The van der Waals surface area contributed by atoms with Gasteiger partial charge in [0.2, 0.25) is 11.1 Å². The lowest BCUT2D eigenvalue weighted by Crippen LogP contribution is -2.74. The number of β-lactam (4-membered cyclic amide) rings is 1. The summed E-state index contributed by atoms with van der Waals surface area (Å²) in [7, 11) is 0. The highest BCUT2D eigenvalue weighted by molar-refractivity contribution is 8.00. The quantitative estimate of drug-likeness (QED) is 0.0637. The average Bonchev–Trinajstić information content (AvgIpc) is 3.59. The Morgan fingerprint density at radius 1 is 1.41 bits per heavy atom. The molecule has 0 bridgehead atoms. The molecule has 2 fully saturated rings. The third kappa shape index (κ3) is 7.50. The molecule has 2 aromatic rings. The number of rotatable bonds is 15. The molecule has 4 rings (SSSR count). The number of tetrazole rings is 1. The molecule has 2 amide bonds. The molecule has 41 heavy (non-hydrogen) atoms. The van der Waals surface area contributed by atoms with Crippen LogP contribution in [0.3, 0.4) is 0 Å². The maximum atomic E-state index is 13.1. The highest BCUT2D eigenvalue weighted by Gasteiger charge is 2.57. The van der Waals surface area contributed by atoms with E-state index in [1.165, 1.54) is 34.5 Å². The normalized spacial score (nSPS) is 21.8. The first-order valence-corrected chi connectivity index (χ1v) is 15.6. The summed E-state index contributed by atoms with van der Waals surface area (Å²) in [6.07, 6.45) is 5.73. The maximum Gasteiger partial charge on any atom is 0.313 e. The summed E-state index contributed by atoms with van der Waals surface area (Å²) in [5.41, 5.74) is 4.61. The predicted molar refractivity (Wildman–Crippen MR) is 159 cm³/mol. The second kappa shape index (κ2) is 14.8. The highest BCUT2D eigenvalue weighted by Crippen LogP contribution is 2.44. The zero-order valence-corrected chi connectivity index (χ0v) is 25.6. The van der Waals surface area contributed by atoms with Crippen molar-refractivity contribution in [3.8, 4) is 0 Å². The molecule has 0 saturated carbocycles. The molecule has 2 saturated heterocycles. The van der Waals surface area contributed by atoms with E-state index in [0.29, 0.717) is 11.7 Å². The number of anilines is 1. The van der Waals surface area contributed by atoms with Crippen LogP contribution >= 0.6 is 47.3 Å². The molecule has 0 aliphatic carbocycles. The number of carbonyl (C=O) groups is 3. The van der Waals surface area contributed by atoms with Crippen molar-refractivity contribution in [1.29, 1.82) is 0 Å². The maximum absolute atomic E-state index is 13.1. The molecule has 0 spiro atoms. The first-order valence-electron chi connectivity index (χ1n) is 12.7. The van der Waals surface area contributed by atoms with Crippen LogP contribution < -0.4 is 11.1 Å². The molecular formula is C23H32ClN9O5S3. The van der Waals surface area contributed by atoms with E-state index in [0.717, 1.165) is 37.0 Å². The number of halogens is 1. The second-order valence-electron chi connectivity index (χ2n) is 9.33. The molecule has 2 aromatic heterocycles. The number of amides is 2. The predicted octanol–water partition coefficient (Wildman–Crippen LogP) is 1.88. The lowest BCUT2D eigenvalue weighted by atomic mass is 9.89. The number of nitrogen functional groups attached to an aromatic ring is 1. The van der Waals surface area contributed by atoms with Gasteiger partial charge in [0.15, 0.2) is 10.8 Å². The fourth-order valence-electron chi connectivity index (χ4n) is 4.20. The number of aromatic nitrogens is 5. The lowest BCUT2D eigenvalue weighted by molar-refractivity contribution is -0.157. The number of carbonyl (C=O) groups excluding carboxylic acids is 2. The number of thiazole rings is 1. The third-order valence-electron chi connectivity index (χ3n) is 6.41. The number of nitrogens with two attached hydrogens (primary N) is 1. The Hall–Kier alpha value is -2.89. The van der Waals surface area contributed by atoms with E-state index < -0.39 is 28.7 Å². The topological polar surface area (TPSA) is 191 Å². The monoisotopic (exact) mass is 645 g/mol. The minimum absolute atomic E-state index is 0. The van der Waals surface area contributed by atoms with Crippen LogP contribution in [0.25, 0.3) is 0 Å². The highest BCUT2D eigenvalue weighted by atomic mass is 35.5. The number of oxime groups is 1. The molecule has 14 nitrogen and oxygen atoms in total. The Labute approximate surface area is 255 Å². The smallest absolute Gasteiger partial charge is 0.313 e. The van der Waals surface area contributed by atoms with E-state index in [-0.39, 0.29) is 59.5 Å². The Bertz CT molecular complexity index is 1270. The van der Waals surface area contributed by atoms with Gasteiger partial charge in [0.1, 0.15) is 29.1 Å². The standard InChI is InChI=1S/C23H31N9O5S3.ClH/c1-3-5-6-7-8-32-22(27-29-30-32)40-13-23(20(35)36)11-31-18(34)16(19(31)39-12-23)26-17(33)15(28-37-9-4-2)14-10-38-21(24)25-14;/h4,10,16,19H,2-3,5-9,11-13H2,1H3,(H2,24,25)(H,26,33)(H,35,36);1H/t16?,19-,23?;/m1./s1. The Kier molecular flexibility index (Phi) is 11.8. The number of nitrogens with zero attached hydrogens (tertiary/aromatic N) is 7. The Morgan fingerprint density at radius 2 is 2.22 bits per heavy atom. The van der Waals surface area contributed by atoms with Crippen molar-refractivity contribution < 1.29 is 24.3 Å². The number of thioether (sulfide) groups is 2. The minimum Gasteiger partial charge on any atom is -0.481 e. The molecule has 4 heterocycles. The van der Waals surface area contributed by atoms with Gasteiger partial charge in [0.05, 0.1) is 0 Å². The molecule has 18 heteroatoms. The number of fused-ring (bicyclic) bond motifs is 1. The molecule has 4 N–H and O–H groups in total. The van der Waals surface area contributed by atoms with Crippen molar-refractivity contribution in [3.63, 3.8) is 0 Å². The van der Waals surface area contributed by atoms with Gasteiger partial charge in [-0.1, -0.05) is 55.8 Å². The van der Waals surface area contributed by atoms with Crippen molar-refractivity contribution in [1.82, 2.24) is 35.4 Å². The second-order valence-corrected chi connectivity index (χ2v) is 12.3. The van der Waals surface area contributed by atoms with E-state index in [9.17, 15) is 19.5 Å². The molecule has 0 radical (unpaired) electrons. The Morgan fingerprint density at radius 3 is 2.90 bits per heavy atom. The van der Waals surface area contributed by atoms with Crippen LogP contribution in [0.1, 0.15) is 38.3 Å². The fourth-order valence-corrected chi connectivity index (χ4v) is 7.51. The van der Waals surface area contributed by atoms with Crippen molar-refractivity contribution in [2.45, 2.75) is 55.7 Å². The molecular weight excluding hydrogens is 614 g/mol. The van der Waals surface area contributed by atoms with Crippen molar-refractivity contribution in [2.24, 2.45) is 10.6 Å².